The molecule has 0 aliphatic carbocycles. The molecule has 3 aliphatic heterocycles. The van der Waals surface area contributed by atoms with Gasteiger partial charge in [-0.15, -0.1) is 0 Å². The number of hydrogen-bond donors (Lipinski definition) is 0. The van der Waals surface area contributed by atoms with Crippen LogP contribution in [0.1, 0.15) is 171 Å². The number of hydrogen-bond acceptors (Lipinski definition) is 9. The summed E-state index contributed by atoms with van der Waals surface area (Å²) in [7, 11) is 0. The molecule has 3 fully saturated rings. The van der Waals surface area contributed by atoms with E-state index in [0.717, 1.165) is 26.1 Å². The zero-order valence-corrected chi connectivity index (χ0v) is 42.9. The molecule has 0 bridgehead atoms. The number of nitrogens with zero attached hydrogens (tertiary/aromatic N) is 3. The molecule has 3 heterocycles. The lowest BCUT2D eigenvalue weighted by molar-refractivity contribution is -0.195. The highest BCUT2D eigenvalue weighted by Gasteiger charge is 2.56. The second kappa shape index (κ2) is 19.9. The standard InChI is InChI=1S/C57H83N3O6/c1-14-15-31-57(49(62)65-46-34-53(6,7)59(54(8,9)35-46)40-43-27-21-17-22-28-43,50(63)66-47-36-55(10,11)60(56(12,13)37-47)41-44-29-23-18-24-30-44)38-48(61)64-45-32-51(2,3)58(52(4,5)33-45)39-42-25-19-16-20-26-42/h16-30,45-47H,14-15,31-41H2,1-13H3. The third-order valence-corrected chi connectivity index (χ3v) is 15.3. The van der Waals surface area contributed by atoms with E-state index in [1.54, 1.807) is 0 Å². The van der Waals surface area contributed by atoms with Crippen molar-refractivity contribution < 1.29 is 28.6 Å². The molecular formula is C57H83N3O6. The molecule has 0 saturated carbocycles. The molecule has 66 heavy (non-hydrogen) atoms. The topological polar surface area (TPSA) is 88.6 Å². The zero-order valence-electron chi connectivity index (χ0n) is 42.9. The minimum atomic E-state index is -1.88. The van der Waals surface area contributed by atoms with Gasteiger partial charge in [0.1, 0.15) is 18.3 Å². The van der Waals surface area contributed by atoms with E-state index >= 15 is 9.59 Å². The summed E-state index contributed by atoms with van der Waals surface area (Å²) in [5.74, 6) is -1.92. The molecule has 0 aromatic heterocycles. The molecule has 3 aromatic carbocycles. The molecule has 0 unspecified atom stereocenters. The molecule has 3 saturated heterocycles. The Morgan fingerprint density at radius 1 is 0.470 bits per heavy atom. The SMILES string of the molecule is CCCCC(CC(=O)OC1CC(C)(C)N(Cc2ccccc2)C(C)(C)C1)(C(=O)OC1CC(C)(C)N(Cc2ccccc2)C(C)(C)C1)C(=O)OC1CC(C)(C)N(Cc2ccccc2)C(C)(C)C1. The first-order valence-electron chi connectivity index (χ1n) is 24.9. The van der Waals surface area contributed by atoms with Gasteiger partial charge in [0.05, 0.1) is 6.42 Å². The van der Waals surface area contributed by atoms with Gasteiger partial charge in [0.15, 0.2) is 5.41 Å². The largest absolute Gasteiger partial charge is 0.462 e. The molecular weight excluding hydrogens is 823 g/mol. The predicted octanol–water partition coefficient (Wildman–Crippen LogP) is 11.8. The number of likely N-dealkylation sites (tertiary alicyclic amines) is 3. The Balaban J connectivity index is 1.27. The van der Waals surface area contributed by atoms with Gasteiger partial charge in [-0.05, 0) is 106 Å². The molecule has 6 rings (SSSR count). The quantitative estimate of drug-likeness (QED) is 0.0792. The van der Waals surface area contributed by atoms with E-state index in [2.05, 4.69) is 171 Å². The molecule has 0 amide bonds. The number of carbonyl (C=O) groups excluding carboxylic acids is 3. The summed E-state index contributed by atoms with van der Waals surface area (Å²) in [5.41, 5.74) is -0.164. The van der Waals surface area contributed by atoms with E-state index in [1.165, 1.54) is 16.7 Å². The van der Waals surface area contributed by atoms with Crippen LogP contribution >= 0.6 is 0 Å². The summed E-state index contributed by atoms with van der Waals surface area (Å²) in [6.45, 7) is 30.8. The summed E-state index contributed by atoms with van der Waals surface area (Å²) in [4.78, 5) is 52.8. The number of ether oxygens (including phenoxy) is 3. The van der Waals surface area contributed by atoms with Crippen LogP contribution in [0.15, 0.2) is 91.0 Å². The molecule has 9 nitrogen and oxygen atoms in total. The second-order valence-corrected chi connectivity index (χ2v) is 23.8. The second-order valence-electron chi connectivity index (χ2n) is 23.8. The summed E-state index contributed by atoms with van der Waals surface area (Å²) >= 11 is 0. The number of rotatable bonds is 16. The maximum absolute atomic E-state index is 15.3. The number of carbonyl (C=O) groups is 3. The van der Waals surface area contributed by atoms with Crippen molar-refractivity contribution in [2.75, 3.05) is 0 Å². The number of esters is 3. The number of benzene rings is 3. The first-order chi connectivity index (χ1) is 30.8. The number of unbranched alkanes of at least 4 members (excludes halogenated alkanes) is 1. The Morgan fingerprint density at radius 3 is 1.02 bits per heavy atom. The fraction of sp³-hybridized carbons (Fsp3) is 0.632. The fourth-order valence-corrected chi connectivity index (χ4v) is 12.5. The molecule has 9 heteroatoms. The highest BCUT2D eigenvalue weighted by molar-refractivity contribution is 6.03. The summed E-state index contributed by atoms with van der Waals surface area (Å²) in [6, 6.07) is 31.4. The van der Waals surface area contributed by atoms with E-state index < -0.39 is 48.1 Å². The van der Waals surface area contributed by atoms with Crippen molar-refractivity contribution in [3.63, 3.8) is 0 Å². The minimum absolute atomic E-state index is 0.127. The van der Waals surface area contributed by atoms with Gasteiger partial charge in [-0.1, -0.05) is 111 Å². The maximum Gasteiger partial charge on any atom is 0.324 e. The van der Waals surface area contributed by atoms with Crippen molar-refractivity contribution >= 4 is 17.9 Å². The van der Waals surface area contributed by atoms with Crippen LogP contribution in [-0.4, -0.2) is 84.2 Å². The van der Waals surface area contributed by atoms with Gasteiger partial charge >= 0.3 is 17.9 Å². The summed E-state index contributed by atoms with van der Waals surface area (Å²) in [6.07, 6.45) is 3.12. The first-order valence-corrected chi connectivity index (χ1v) is 24.9. The molecule has 0 N–H and O–H groups in total. The third kappa shape index (κ3) is 12.0. The van der Waals surface area contributed by atoms with Crippen molar-refractivity contribution in [2.45, 2.75) is 225 Å². The molecule has 0 spiro atoms. The Labute approximate surface area is 398 Å². The lowest BCUT2D eigenvalue weighted by Crippen LogP contribution is -2.63. The Hall–Kier alpha value is -4.05. The normalized spacial score (nSPS) is 22.3. The van der Waals surface area contributed by atoms with Crippen molar-refractivity contribution in [1.82, 2.24) is 14.7 Å². The summed E-state index contributed by atoms with van der Waals surface area (Å²) in [5, 5.41) is 0. The van der Waals surface area contributed by atoms with Gasteiger partial charge in [0, 0.05) is 91.4 Å². The zero-order chi connectivity index (χ0) is 48.3. The van der Waals surface area contributed by atoms with Crippen LogP contribution in [-0.2, 0) is 48.2 Å². The minimum Gasteiger partial charge on any atom is -0.462 e. The van der Waals surface area contributed by atoms with Gasteiger partial charge in [-0.2, -0.15) is 0 Å². The highest BCUT2D eigenvalue weighted by atomic mass is 16.6. The highest BCUT2D eigenvalue weighted by Crippen LogP contribution is 2.46. The van der Waals surface area contributed by atoms with Gasteiger partial charge < -0.3 is 14.2 Å². The number of piperidine rings is 3. The lowest BCUT2D eigenvalue weighted by atomic mass is 9.76. The molecule has 3 aliphatic rings. The Morgan fingerprint density at radius 2 is 0.742 bits per heavy atom. The Kier molecular flexibility index (Phi) is 15.5. The van der Waals surface area contributed by atoms with E-state index in [0.29, 0.717) is 44.9 Å². The van der Waals surface area contributed by atoms with E-state index in [1.807, 2.05) is 25.1 Å². The molecule has 0 atom stereocenters. The van der Waals surface area contributed by atoms with Crippen molar-refractivity contribution in [3.05, 3.63) is 108 Å². The van der Waals surface area contributed by atoms with E-state index in [4.69, 9.17) is 14.2 Å². The molecule has 0 radical (unpaired) electrons. The monoisotopic (exact) mass is 906 g/mol. The van der Waals surface area contributed by atoms with Gasteiger partial charge in [-0.3, -0.25) is 29.1 Å². The average molecular weight is 906 g/mol. The Bertz CT molecular complexity index is 1950. The molecule has 362 valence electrons. The summed E-state index contributed by atoms with van der Waals surface area (Å²) < 4.78 is 19.7. The van der Waals surface area contributed by atoms with Crippen molar-refractivity contribution in [1.29, 1.82) is 0 Å². The van der Waals surface area contributed by atoms with E-state index in [-0.39, 0.29) is 39.7 Å². The van der Waals surface area contributed by atoms with Crippen molar-refractivity contribution in [3.8, 4) is 0 Å². The van der Waals surface area contributed by atoms with E-state index in [9.17, 15) is 4.79 Å². The van der Waals surface area contributed by atoms with Gasteiger partial charge in [0.2, 0.25) is 0 Å². The first kappa shape index (κ1) is 51.3. The smallest absolute Gasteiger partial charge is 0.324 e. The average Bonchev–Trinajstić information content (AvgIpc) is 3.21. The van der Waals surface area contributed by atoms with Gasteiger partial charge in [-0.25, -0.2) is 0 Å². The van der Waals surface area contributed by atoms with Crippen LogP contribution < -0.4 is 0 Å². The van der Waals surface area contributed by atoms with Crippen LogP contribution in [0, 0.1) is 5.41 Å². The maximum atomic E-state index is 15.3. The predicted molar refractivity (Wildman–Crippen MR) is 264 cm³/mol. The van der Waals surface area contributed by atoms with Crippen LogP contribution in [0.3, 0.4) is 0 Å². The van der Waals surface area contributed by atoms with Crippen LogP contribution in [0.25, 0.3) is 0 Å². The van der Waals surface area contributed by atoms with Gasteiger partial charge in [0.25, 0.3) is 0 Å². The van der Waals surface area contributed by atoms with Crippen molar-refractivity contribution in [2.24, 2.45) is 5.41 Å². The lowest BCUT2D eigenvalue weighted by Gasteiger charge is -2.55. The van der Waals surface area contributed by atoms with Crippen LogP contribution in [0.2, 0.25) is 0 Å². The van der Waals surface area contributed by atoms with Crippen LogP contribution in [0.4, 0.5) is 0 Å². The molecule has 3 aromatic rings. The van der Waals surface area contributed by atoms with Crippen LogP contribution in [0.5, 0.6) is 0 Å². The fourth-order valence-electron chi connectivity index (χ4n) is 12.5. The third-order valence-electron chi connectivity index (χ3n) is 15.3.